The summed E-state index contributed by atoms with van der Waals surface area (Å²) >= 11 is 0. The molecule has 0 saturated heterocycles. The topological polar surface area (TPSA) is 117 Å². The maximum absolute atomic E-state index is 13.2. The standard InChI is InChI=1S/C20H32N3O5P/c1-15(2)22(29(26,27)28-14-10-13-21)20(6,7)18(19(3,4)5)16-11-8-9-12-17(16)23(24)25/h8-9,11-12,15,18H,10,14H2,1-7H3,(H,26,27). The monoisotopic (exact) mass is 425 g/mol. The minimum absolute atomic E-state index is 0.0101. The minimum Gasteiger partial charge on any atom is -0.312 e. The molecule has 1 aromatic rings. The summed E-state index contributed by atoms with van der Waals surface area (Å²) in [7, 11) is -4.28. The fourth-order valence-corrected chi connectivity index (χ4v) is 6.30. The zero-order valence-electron chi connectivity index (χ0n) is 18.2. The molecule has 0 amide bonds. The van der Waals surface area contributed by atoms with E-state index < -0.39 is 35.6 Å². The molecule has 0 aliphatic carbocycles. The van der Waals surface area contributed by atoms with Crippen LogP contribution in [-0.2, 0) is 9.09 Å². The van der Waals surface area contributed by atoms with Crippen LogP contribution in [0, 0.1) is 26.9 Å². The first-order valence-electron chi connectivity index (χ1n) is 9.55. The lowest BCUT2D eigenvalue weighted by molar-refractivity contribution is -0.386. The molecule has 0 aromatic heterocycles. The molecule has 162 valence electrons. The molecule has 8 nitrogen and oxygen atoms in total. The number of nitriles is 1. The molecule has 1 rings (SSSR count). The van der Waals surface area contributed by atoms with Gasteiger partial charge in [0.05, 0.1) is 24.0 Å². The lowest BCUT2D eigenvalue weighted by atomic mass is 9.66. The molecule has 0 aliphatic rings. The molecule has 2 unspecified atom stereocenters. The van der Waals surface area contributed by atoms with Crippen LogP contribution in [0.4, 0.5) is 5.69 Å². The van der Waals surface area contributed by atoms with Gasteiger partial charge in [-0.3, -0.25) is 14.6 Å². The van der Waals surface area contributed by atoms with Crippen molar-refractivity contribution in [2.45, 2.75) is 72.4 Å². The molecule has 1 N–H and O–H groups in total. The SMILES string of the molecule is CC(C)N(C(C)(C)C(c1ccccc1[N+](=O)[O-])C(C)(C)C)P(=O)(O)OCCC#N. The Labute approximate surface area is 173 Å². The van der Waals surface area contributed by atoms with Gasteiger partial charge in [-0.05, 0) is 33.1 Å². The summed E-state index contributed by atoms with van der Waals surface area (Å²) in [5.41, 5.74) is -0.995. The number of hydrogen-bond acceptors (Lipinski definition) is 5. The van der Waals surface area contributed by atoms with E-state index in [0.717, 1.165) is 0 Å². The van der Waals surface area contributed by atoms with Crippen LogP contribution in [0.1, 0.15) is 66.4 Å². The number of hydrogen-bond donors (Lipinski definition) is 1. The number of benzene rings is 1. The van der Waals surface area contributed by atoms with Crippen molar-refractivity contribution in [3.8, 4) is 6.07 Å². The van der Waals surface area contributed by atoms with E-state index in [0.29, 0.717) is 5.56 Å². The number of nitro benzene ring substituents is 1. The first-order valence-corrected chi connectivity index (χ1v) is 11.1. The van der Waals surface area contributed by atoms with Crippen LogP contribution in [0.3, 0.4) is 0 Å². The average Bonchev–Trinajstić information content (AvgIpc) is 2.52. The van der Waals surface area contributed by atoms with Crippen LogP contribution in [-0.4, -0.2) is 32.7 Å². The van der Waals surface area contributed by atoms with Crippen LogP contribution in [0.5, 0.6) is 0 Å². The lowest BCUT2D eigenvalue weighted by Crippen LogP contribution is -2.53. The van der Waals surface area contributed by atoms with Crippen molar-refractivity contribution >= 4 is 13.4 Å². The molecule has 0 radical (unpaired) electrons. The van der Waals surface area contributed by atoms with Crippen molar-refractivity contribution in [2.24, 2.45) is 5.41 Å². The molecule has 1 aromatic carbocycles. The van der Waals surface area contributed by atoms with Crippen LogP contribution in [0.25, 0.3) is 0 Å². The van der Waals surface area contributed by atoms with Crippen molar-refractivity contribution in [2.75, 3.05) is 6.61 Å². The van der Waals surface area contributed by atoms with Crippen molar-refractivity contribution < 1.29 is 18.9 Å². The Bertz CT molecular complexity index is 811. The maximum Gasteiger partial charge on any atom is 0.406 e. The first kappa shape index (κ1) is 25.3. The molecule has 0 bridgehead atoms. The van der Waals surface area contributed by atoms with Gasteiger partial charge in [-0.15, -0.1) is 0 Å². The highest BCUT2D eigenvalue weighted by Crippen LogP contribution is 2.58. The van der Waals surface area contributed by atoms with Gasteiger partial charge >= 0.3 is 7.75 Å². The molecule has 0 spiro atoms. The Morgan fingerprint density at radius 1 is 1.28 bits per heavy atom. The van der Waals surface area contributed by atoms with Crippen LogP contribution in [0.2, 0.25) is 0 Å². The Kier molecular flexibility index (Phi) is 8.15. The van der Waals surface area contributed by atoms with E-state index in [1.54, 1.807) is 45.9 Å². The highest BCUT2D eigenvalue weighted by Gasteiger charge is 2.52. The minimum atomic E-state index is -4.28. The van der Waals surface area contributed by atoms with E-state index in [4.69, 9.17) is 9.79 Å². The van der Waals surface area contributed by atoms with Crippen LogP contribution < -0.4 is 0 Å². The molecule has 0 heterocycles. The third-order valence-electron chi connectivity index (χ3n) is 4.84. The third kappa shape index (κ3) is 5.86. The summed E-state index contributed by atoms with van der Waals surface area (Å²) in [6.07, 6.45) is -0.0101. The number of nitro groups is 1. The summed E-state index contributed by atoms with van der Waals surface area (Å²) in [6.45, 7) is 12.8. The van der Waals surface area contributed by atoms with Gasteiger partial charge in [-0.2, -0.15) is 5.26 Å². The second-order valence-corrected chi connectivity index (χ2v) is 10.6. The summed E-state index contributed by atoms with van der Waals surface area (Å²) in [5, 5.41) is 20.4. The Hall–Kier alpha value is -1.78. The van der Waals surface area contributed by atoms with Crippen LogP contribution >= 0.6 is 7.75 Å². The largest absolute Gasteiger partial charge is 0.406 e. The zero-order valence-corrected chi connectivity index (χ0v) is 19.1. The van der Waals surface area contributed by atoms with Gasteiger partial charge in [0, 0.05) is 29.1 Å². The Morgan fingerprint density at radius 2 is 1.83 bits per heavy atom. The van der Waals surface area contributed by atoms with Gasteiger partial charge in [0.15, 0.2) is 0 Å². The second kappa shape index (κ2) is 9.36. The van der Waals surface area contributed by atoms with E-state index in [-0.39, 0.29) is 18.7 Å². The fraction of sp³-hybridized carbons (Fsp3) is 0.650. The number of nitrogens with zero attached hydrogens (tertiary/aromatic N) is 3. The van der Waals surface area contributed by atoms with Crippen molar-refractivity contribution in [1.29, 1.82) is 5.26 Å². The number of para-hydroxylation sites is 1. The summed E-state index contributed by atoms with van der Waals surface area (Å²) < 4.78 is 19.8. The fourth-order valence-electron chi connectivity index (χ4n) is 4.49. The Morgan fingerprint density at radius 3 is 2.28 bits per heavy atom. The van der Waals surface area contributed by atoms with E-state index >= 15 is 0 Å². The second-order valence-electron chi connectivity index (χ2n) is 8.94. The summed E-state index contributed by atoms with van der Waals surface area (Å²) in [6, 6.07) is 7.99. The van der Waals surface area contributed by atoms with Gasteiger partial charge in [0.2, 0.25) is 0 Å². The van der Waals surface area contributed by atoms with Gasteiger partial charge in [0.25, 0.3) is 5.69 Å². The Balaban J connectivity index is 3.64. The highest BCUT2D eigenvalue weighted by atomic mass is 31.2. The maximum atomic E-state index is 13.2. The lowest BCUT2D eigenvalue weighted by Gasteiger charge is -2.51. The molecule has 0 saturated carbocycles. The predicted octanol–water partition coefficient (Wildman–Crippen LogP) is 5.24. The first-order chi connectivity index (χ1) is 13.2. The van der Waals surface area contributed by atoms with Crippen molar-refractivity contribution in [3.63, 3.8) is 0 Å². The van der Waals surface area contributed by atoms with Gasteiger partial charge in [0.1, 0.15) is 0 Å². The molecular formula is C20H32N3O5P. The van der Waals surface area contributed by atoms with Gasteiger partial charge in [-0.25, -0.2) is 9.24 Å². The average molecular weight is 425 g/mol. The normalized spacial score (nSPS) is 15.8. The van der Waals surface area contributed by atoms with Crippen molar-refractivity contribution in [1.82, 2.24) is 4.67 Å². The van der Waals surface area contributed by atoms with E-state index in [9.17, 15) is 19.6 Å². The summed E-state index contributed by atoms with van der Waals surface area (Å²) in [5.74, 6) is -0.473. The summed E-state index contributed by atoms with van der Waals surface area (Å²) in [4.78, 5) is 22.0. The quantitative estimate of drug-likeness (QED) is 0.249. The van der Waals surface area contributed by atoms with Crippen molar-refractivity contribution in [3.05, 3.63) is 39.9 Å². The van der Waals surface area contributed by atoms with E-state index in [1.165, 1.54) is 10.7 Å². The van der Waals surface area contributed by atoms with Gasteiger partial charge in [-0.1, -0.05) is 39.0 Å². The van der Waals surface area contributed by atoms with E-state index in [2.05, 4.69) is 0 Å². The highest BCUT2D eigenvalue weighted by molar-refractivity contribution is 7.50. The third-order valence-corrected chi connectivity index (χ3v) is 6.88. The smallest absolute Gasteiger partial charge is 0.312 e. The molecular weight excluding hydrogens is 393 g/mol. The molecule has 9 heteroatoms. The predicted molar refractivity (Wildman–Crippen MR) is 112 cm³/mol. The zero-order chi connectivity index (χ0) is 22.6. The molecule has 0 aliphatic heterocycles. The molecule has 29 heavy (non-hydrogen) atoms. The van der Waals surface area contributed by atoms with Gasteiger partial charge < -0.3 is 4.89 Å². The van der Waals surface area contributed by atoms with Crippen LogP contribution in [0.15, 0.2) is 24.3 Å². The molecule has 2 atom stereocenters. The number of rotatable bonds is 9. The molecule has 0 fully saturated rings. The van der Waals surface area contributed by atoms with E-state index in [1.807, 2.05) is 26.8 Å².